The number of methoxy groups -OCH3 is 1. The van der Waals surface area contributed by atoms with Crippen molar-refractivity contribution in [3.8, 4) is 5.75 Å². The highest BCUT2D eigenvalue weighted by Gasteiger charge is 2.27. The Morgan fingerprint density at radius 1 is 1.29 bits per heavy atom. The molecule has 0 atom stereocenters. The third-order valence-corrected chi connectivity index (χ3v) is 2.86. The Bertz CT molecular complexity index is 535. The molecule has 0 aliphatic heterocycles. The first-order valence-corrected chi connectivity index (χ1v) is 7.34. The van der Waals surface area contributed by atoms with Gasteiger partial charge in [-0.15, -0.1) is 0 Å². The molecule has 0 heterocycles. The Kier molecular flexibility index (Phi) is 5.78. The van der Waals surface area contributed by atoms with Gasteiger partial charge in [0.1, 0.15) is 4.32 Å². The summed E-state index contributed by atoms with van der Waals surface area (Å²) in [5, 5.41) is 3.17. The van der Waals surface area contributed by atoms with Gasteiger partial charge in [-0.05, 0) is 45.9 Å². The van der Waals surface area contributed by atoms with Gasteiger partial charge in [0.15, 0.2) is 5.75 Å². The van der Waals surface area contributed by atoms with Crippen molar-refractivity contribution in [2.24, 2.45) is 0 Å². The minimum atomic E-state index is -0.816. The number of benzene rings is 1. The molecule has 0 unspecified atom stereocenters. The zero-order valence-electron chi connectivity index (χ0n) is 12.8. The molecule has 0 amide bonds. The number of alkyl halides is 1. The lowest BCUT2D eigenvalue weighted by molar-refractivity contribution is -0.135. The molecule has 0 bridgehead atoms. The molecule has 116 valence electrons. The summed E-state index contributed by atoms with van der Waals surface area (Å²) < 4.78 is 9.25. The van der Waals surface area contributed by atoms with E-state index in [4.69, 9.17) is 4.74 Å². The van der Waals surface area contributed by atoms with Gasteiger partial charge in [0.05, 0.1) is 18.4 Å². The lowest BCUT2D eigenvalue weighted by Crippen LogP contribution is -2.29. The second kappa shape index (κ2) is 6.93. The van der Waals surface area contributed by atoms with Crippen LogP contribution >= 0.6 is 15.9 Å². The molecule has 0 saturated carbocycles. The van der Waals surface area contributed by atoms with Gasteiger partial charge in [-0.25, -0.2) is 4.79 Å². The minimum absolute atomic E-state index is 0.156. The number of anilines is 1. The van der Waals surface area contributed by atoms with Crippen molar-refractivity contribution in [2.45, 2.75) is 38.1 Å². The number of halogens is 1. The van der Waals surface area contributed by atoms with E-state index in [2.05, 4.69) is 26.0 Å². The first-order chi connectivity index (χ1) is 9.65. The van der Waals surface area contributed by atoms with Gasteiger partial charge in [0, 0.05) is 6.04 Å². The van der Waals surface area contributed by atoms with Gasteiger partial charge in [-0.1, -0.05) is 15.9 Å². The molecule has 1 N–H and O–H groups in total. The second-order valence-corrected chi connectivity index (χ2v) is 7.35. The average molecular weight is 358 g/mol. The first kappa shape index (κ1) is 17.5. The summed E-state index contributed by atoms with van der Waals surface area (Å²) in [6.07, 6.45) is 0. The van der Waals surface area contributed by atoms with Crippen molar-refractivity contribution in [3.05, 3.63) is 23.8 Å². The number of nitrogens with one attached hydrogen (secondary N) is 1. The van der Waals surface area contributed by atoms with Crippen LogP contribution in [0.15, 0.2) is 18.2 Å². The quantitative estimate of drug-likeness (QED) is 0.497. The summed E-state index contributed by atoms with van der Waals surface area (Å²) in [7, 11) is 1.30. The molecule has 0 spiro atoms. The van der Waals surface area contributed by atoms with Crippen LogP contribution in [0, 0.1) is 0 Å². The van der Waals surface area contributed by atoms with E-state index in [9.17, 15) is 9.59 Å². The van der Waals surface area contributed by atoms with E-state index in [1.54, 1.807) is 26.0 Å². The Balaban J connectivity index is 3.16. The summed E-state index contributed by atoms with van der Waals surface area (Å²) in [6.45, 7) is 7.31. The van der Waals surface area contributed by atoms with Gasteiger partial charge in [0.2, 0.25) is 0 Å². The lowest BCUT2D eigenvalue weighted by Gasteiger charge is -2.19. The number of hydrogen-bond donors (Lipinski definition) is 1. The number of hydrogen-bond acceptors (Lipinski definition) is 5. The van der Waals surface area contributed by atoms with E-state index < -0.39 is 16.3 Å². The summed E-state index contributed by atoms with van der Waals surface area (Å²) in [4.78, 5) is 23.6. The monoisotopic (exact) mass is 357 g/mol. The zero-order valence-corrected chi connectivity index (χ0v) is 14.4. The van der Waals surface area contributed by atoms with E-state index in [1.165, 1.54) is 13.2 Å². The Labute approximate surface area is 133 Å². The van der Waals surface area contributed by atoms with Crippen molar-refractivity contribution >= 4 is 33.6 Å². The van der Waals surface area contributed by atoms with E-state index in [1.807, 2.05) is 13.8 Å². The molecule has 1 aromatic rings. The van der Waals surface area contributed by atoms with Crippen LogP contribution in [0.4, 0.5) is 5.69 Å². The van der Waals surface area contributed by atoms with Gasteiger partial charge < -0.3 is 14.8 Å². The molecule has 0 aromatic heterocycles. The van der Waals surface area contributed by atoms with Gasteiger partial charge in [-0.3, -0.25) is 4.79 Å². The molecular formula is C15H20BrNO4. The van der Waals surface area contributed by atoms with Gasteiger partial charge in [-0.2, -0.15) is 0 Å². The fourth-order valence-electron chi connectivity index (χ4n) is 1.50. The van der Waals surface area contributed by atoms with E-state index >= 15 is 0 Å². The van der Waals surface area contributed by atoms with Crippen LogP contribution in [0.1, 0.15) is 38.1 Å². The molecule has 5 nitrogen and oxygen atoms in total. The Morgan fingerprint density at radius 2 is 1.90 bits per heavy atom. The molecule has 0 aliphatic carbocycles. The normalized spacial score (nSPS) is 11.2. The second-order valence-electron chi connectivity index (χ2n) is 5.36. The third kappa shape index (κ3) is 5.04. The fourth-order valence-corrected chi connectivity index (χ4v) is 1.58. The lowest BCUT2D eigenvalue weighted by atomic mass is 10.1. The highest BCUT2D eigenvalue weighted by Crippen LogP contribution is 2.29. The maximum absolute atomic E-state index is 12.0. The maximum Gasteiger partial charge on any atom is 0.337 e. The largest absolute Gasteiger partial charge is 0.465 e. The van der Waals surface area contributed by atoms with Crippen LogP contribution in [0.5, 0.6) is 5.75 Å². The van der Waals surface area contributed by atoms with Crippen LogP contribution in [0.3, 0.4) is 0 Å². The molecule has 6 heteroatoms. The number of esters is 2. The number of carbonyl (C=O) groups is 2. The van der Waals surface area contributed by atoms with Crippen LogP contribution in [0.25, 0.3) is 0 Å². The van der Waals surface area contributed by atoms with Gasteiger partial charge >= 0.3 is 11.9 Å². The highest BCUT2D eigenvalue weighted by molar-refractivity contribution is 9.10. The first-order valence-electron chi connectivity index (χ1n) is 6.55. The summed E-state index contributed by atoms with van der Waals surface area (Å²) in [5.74, 6) is -0.637. The fraction of sp³-hybridized carbons (Fsp3) is 0.467. The molecule has 1 rings (SSSR count). The summed E-state index contributed by atoms with van der Waals surface area (Å²) in [6, 6.07) is 4.96. The number of rotatable bonds is 5. The van der Waals surface area contributed by atoms with Gasteiger partial charge in [0.25, 0.3) is 0 Å². The van der Waals surface area contributed by atoms with Crippen molar-refractivity contribution in [3.63, 3.8) is 0 Å². The summed E-state index contributed by atoms with van der Waals surface area (Å²) in [5.41, 5.74) is 0.963. The van der Waals surface area contributed by atoms with E-state index in [0.717, 1.165) is 0 Å². The molecular weight excluding hydrogens is 338 g/mol. The molecule has 21 heavy (non-hydrogen) atoms. The Hall–Kier alpha value is -1.56. The highest BCUT2D eigenvalue weighted by atomic mass is 79.9. The maximum atomic E-state index is 12.0. The SMILES string of the molecule is COC(=O)c1ccc(NC(C)C)c(OC(=O)C(C)(C)Br)c1. The zero-order chi connectivity index (χ0) is 16.2. The standard InChI is InChI=1S/C15H20BrNO4/c1-9(2)17-11-7-6-10(13(18)20-5)8-12(11)21-14(19)15(3,4)16/h6-9,17H,1-5H3. The molecule has 0 aliphatic rings. The van der Waals surface area contributed by atoms with Crippen LogP contribution in [-0.2, 0) is 9.53 Å². The van der Waals surface area contributed by atoms with Crippen molar-refractivity contribution < 1.29 is 19.1 Å². The summed E-state index contributed by atoms with van der Waals surface area (Å²) >= 11 is 3.25. The third-order valence-electron chi connectivity index (χ3n) is 2.53. The minimum Gasteiger partial charge on any atom is -0.465 e. The van der Waals surface area contributed by atoms with Crippen LogP contribution < -0.4 is 10.1 Å². The van der Waals surface area contributed by atoms with Crippen molar-refractivity contribution in [2.75, 3.05) is 12.4 Å². The van der Waals surface area contributed by atoms with Crippen LogP contribution in [-0.4, -0.2) is 29.4 Å². The number of ether oxygens (including phenoxy) is 2. The number of carbonyl (C=O) groups excluding carboxylic acids is 2. The van der Waals surface area contributed by atoms with Crippen molar-refractivity contribution in [1.29, 1.82) is 0 Å². The molecule has 0 radical (unpaired) electrons. The van der Waals surface area contributed by atoms with E-state index in [0.29, 0.717) is 17.0 Å². The predicted octanol–water partition coefficient (Wildman–Crippen LogP) is 3.37. The smallest absolute Gasteiger partial charge is 0.337 e. The average Bonchev–Trinajstić information content (AvgIpc) is 2.38. The van der Waals surface area contributed by atoms with E-state index in [-0.39, 0.29) is 6.04 Å². The molecule has 1 aromatic carbocycles. The Morgan fingerprint density at radius 3 is 2.38 bits per heavy atom. The predicted molar refractivity (Wildman–Crippen MR) is 85.2 cm³/mol. The molecule has 0 saturated heterocycles. The van der Waals surface area contributed by atoms with Crippen molar-refractivity contribution in [1.82, 2.24) is 0 Å². The van der Waals surface area contributed by atoms with Crippen LogP contribution in [0.2, 0.25) is 0 Å². The molecule has 0 fully saturated rings. The topological polar surface area (TPSA) is 64.6 Å².